The van der Waals surface area contributed by atoms with Crippen molar-refractivity contribution in [1.82, 2.24) is 19.7 Å². The number of aliphatic imine (C=N–C) groups is 1. The normalized spacial score (nSPS) is 12.6. The summed E-state index contributed by atoms with van der Waals surface area (Å²) in [6, 6.07) is 1.97. The Morgan fingerprint density at radius 3 is 2.16 bits per heavy atom. The Bertz CT molecular complexity index is 426. The highest BCUT2D eigenvalue weighted by Gasteiger charge is 2.19. The second-order valence-electron chi connectivity index (χ2n) is 5.93. The predicted octanol–water partition coefficient (Wildman–Crippen LogP) is 1.75. The van der Waals surface area contributed by atoms with E-state index < -0.39 is 0 Å². The number of nitrogens with zero attached hydrogens (tertiary/aromatic N) is 6. The molecule has 0 unspecified atom stereocenters. The molecule has 6 nitrogen and oxygen atoms in total. The molecule has 0 saturated carbocycles. The van der Waals surface area contributed by atoms with Crippen LogP contribution in [0, 0.1) is 0 Å². The monoisotopic (exact) mass is 264 g/mol. The van der Waals surface area contributed by atoms with Gasteiger partial charge in [-0.3, -0.25) is 0 Å². The molecule has 0 aromatic carbocycles. The summed E-state index contributed by atoms with van der Waals surface area (Å²) in [7, 11) is 7.69. The Balaban J connectivity index is 3.15. The van der Waals surface area contributed by atoms with Gasteiger partial charge in [-0.25, -0.2) is 4.99 Å². The van der Waals surface area contributed by atoms with Crippen LogP contribution in [0.5, 0.6) is 0 Å². The van der Waals surface area contributed by atoms with E-state index in [0.717, 1.165) is 11.5 Å². The van der Waals surface area contributed by atoms with E-state index in [1.54, 1.807) is 17.5 Å². The van der Waals surface area contributed by atoms with Crippen LogP contribution in [0.15, 0.2) is 16.2 Å². The zero-order valence-corrected chi connectivity index (χ0v) is 12.9. The Kier molecular flexibility index (Phi) is 4.69. The van der Waals surface area contributed by atoms with Crippen LogP contribution >= 0.6 is 0 Å². The van der Waals surface area contributed by atoms with Gasteiger partial charge < -0.3 is 9.80 Å². The highest BCUT2D eigenvalue weighted by Crippen LogP contribution is 2.25. The van der Waals surface area contributed by atoms with Crippen LogP contribution in [0.25, 0.3) is 0 Å². The average Bonchev–Trinajstić information content (AvgIpc) is 2.66. The van der Waals surface area contributed by atoms with Gasteiger partial charge in [-0.2, -0.15) is 5.10 Å². The van der Waals surface area contributed by atoms with Gasteiger partial charge >= 0.3 is 0 Å². The lowest BCUT2D eigenvalue weighted by molar-refractivity contribution is 0.548. The lowest BCUT2D eigenvalue weighted by Crippen LogP contribution is -2.13. The minimum atomic E-state index is -0.0265. The number of hydrogen-bond acceptors (Lipinski definition) is 3. The van der Waals surface area contributed by atoms with Gasteiger partial charge in [0, 0.05) is 39.7 Å². The molecule has 1 heterocycles. The van der Waals surface area contributed by atoms with Crippen molar-refractivity contribution in [3.8, 4) is 0 Å². The SMILES string of the molecule is CN(C)/C=N/c1cc(C(C)(C)C)nn1/N=C/N(C)C. The van der Waals surface area contributed by atoms with Gasteiger partial charge in [0.15, 0.2) is 5.82 Å². The van der Waals surface area contributed by atoms with Crippen molar-refractivity contribution in [2.45, 2.75) is 26.2 Å². The molecule has 1 aromatic rings. The highest BCUT2D eigenvalue weighted by molar-refractivity contribution is 5.60. The molecule has 0 aliphatic rings. The molecule has 106 valence electrons. The second kappa shape index (κ2) is 5.86. The maximum Gasteiger partial charge on any atom is 0.177 e. The molecule has 0 saturated heterocycles. The summed E-state index contributed by atoms with van der Waals surface area (Å²) in [6.07, 6.45) is 3.44. The predicted molar refractivity (Wildman–Crippen MR) is 80.3 cm³/mol. The lowest BCUT2D eigenvalue weighted by atomic mass is 9.92. The van der Waals surface area contributed by atoms with Gasteiger partial charge in [0.2, 0.25) is 0 Å². The molecule has 0 bridgehead atoms. The molecular formula is C13H24N6. The molecule has 0 atom stereocenters. The quantitative estimate of drug-likeness (QED) is 0.615. The van der Waals surface area contributed by atoms with Crippen molar-refractivity contribution in [3.63, 3.8) is 0 Å². The van der Waals surface area contributed by atoms with E-state index in [-0.39, 0.29) is 5.41 Å². The summed E-state index contributed by atoms with van der Waals surface area (Å²) >= 11 is 0. The van der Waals surface area contributed by atoms with Crippen LogP contribution in [0.3, 0.4) is 0 Å². The minimum Gasteiger partial charge on any atom is -0.369 e. The third-order valence-corrected chi connectivity index (χ3v) is 2.25. The van der Waals surface area contributed by atoms with Gasteiger partial charge in [-0.1, -0.05) is 20.8 Å². The van der Waals surface area contributed by atoms with Gasteiger partial charge in [-0.15, -0.1) is 9.89 Å². The van der Waals surface area contributed by atoms with E-state index in [0.29, 0.717) is 0 Å². The summed E-state index contributed by atoms with van der Waals surface area (Å²) in [5.41, 5.74) is 0.940. The Morgan fingerprint density at radius 1 is 1.11 bits per heavy atom. The fraction of sp³-hybridized carbons (Fsp3) is 0.615. The zero-order valence-electron chi connectivity index (χ0n) is 12.9. The standard InChI is InChI=1S/C13H24N6/c1-13(2,3)11-8-12(14-9-17(4)5)19(16-11)15-10-18(6)7/h8-10H,1-7H3/b14-9+,15-10+. The van der Waals surface area contributed by atoms with Crippen molar-refractivity contribution in [2.75, 3.05) is 28.2 Å². The fourth-order valence-electron chi connectivity index (χ4n) is 1.23. The van der Waals surface area contributed by atoms with Crippen molar-refractivity contribution < 1.29 is 0 Å². The van der Waals surface area contributed by atoms with Gasteiger partial charge in [0.05, 0.1) is 12.0 Å². The fourth-order valence-corrected chi connectivity index (χ4v) is 1.23. The van der Waals surface area contributed by atoms with Crippen molar-refractivity contribution in [2.24, 2.45) is 10.1 Å². The first-order valence-electron chi connectivity index (χ1n) is 6.22. The lowest BCUT2D eigenvalue weighted by Gasteiger charge is -2.13. The van der Waals surface area contributed by atoms with Crippen molar-refractivity contribution in [1.29, 1.82) is 0 Å². The third-order valence-electron chi connectivity index (χ3n) is 2.25. The molecule has 0 aliphatic heterocycles. The summed E-state index contributed by atoms with van der Waals surface area (Å²) in [6.45, 7) is 6.36. The Labute approximate surface area is 115 Å². The highest BCUT2D eigenvalue weighted by atomic mass is 15.5. The van der Waals surface area contributed by atoms with Crippen LogP contribution in [-0.4, -0.2) is 60.6 Å². The zero-order chi connectivity index (χ0) is 14.6. The molecule has 0 N–H and O–H groups in total. The second-order valence-corrected chi connectivity index (χ2v) is 5.93. The Hall–Kier alpha value is -1.85. The van der Waals surface area contributed by atoms with Crippen molar-refractivity contribution in [3.05, 3.63) is 11.8 Å². The molecule has 0 amide bonds. The van der Waals surface area contributed by atoms with E-state index in [1.165, 1.54) is 0 Å². The first-order valence-corrected chi connectivity index (χ1v) is 6.22. The minimum absolute atomic E-state index is 0.0265. The number of rotatable bonds is 4. The number of aromatic nitrogens is 2. The first-order chi connectivity index (χ1) is 8.70. The molecule has 0 fully saturated rings. The third kappa shape index (κ3) is 4.73. The van der Waals surface area contributed by atoms with Crippen LogP contribution < -0.4 is 0 Å². The Morgan fingerprint density at radius 2 is 1.68 bits per heavy atom. The van der Waals surface area contributed by atoms with E-state index >= 15 is 0 Å². The molecule has 1 rings (SSSR count). The van der Waals surface area contributed by atoms with E-state index in [9.17, 15) is 0 Å². The summed E-state index contributed by atoms with van der Waals surface area (Å²) in [5.74, 6) is 0.719. The molecule has 1 aromatic heterocycles. The van der Waals surface area contributed by atoms with E-state index in [1.807, 2.05) is 44.1 Å². The average molecular weight is 264 g/mol. The first kappa shape index (κ1) is 15.2. The topological polar surface area (TPSA) is 49.0 Å². The van der Waals surface area contributed by atoms with Gasteiger partial charge in [0.1, 0.15) is 6.34 Å². The van der Waals surface area contributed by atoms with E-state index in [2.05, 4.69) is 36.0 Å². The number of hydrogen-bond donors (Lipinski definition) is 0. The summed E-state index contributed by atoms with van der Waals surface area (Å²) in [4.78, 5) is 9.68. The van der Waals surface area contributed by atoms with Gasteiger partial charge in [-0.05, 0) is 0 Å². The largest absolute Gasteiger partial charge is 0.369 e. The molecule has 6 heteroatoms. The van der Waals surface area contributed by atoms with Crippen LogP contribution in [0.1, 0.15) is 26.5 Å². The molecule has 19 heavy (non-hydrogen) atoms. The summed E-state index contributed by atoms with van der Waals surface area (Å²) < 4.78 is 0. The van der Waals surface area contributed by atoms with Crippen LogP contribution in [-0.2, 0) is 5.41 Å². The van der Waals surface area contributed by atoms with Crippen molar-refractivity contribution >= 4 is 18.5 Å². The maximum atomic E-state index is 4.49. The summed E-state index contributed by atoms with van der Waals surface area (Å²) in [5, 5.41) is 8.78. The van der Waals surface area contributed by atoms with Gasteiger partial charge in [0.25, 0.3) is 0 Å². The van der Waals surface area contributed by atoms with E-state index in [4.69, 9.17) is 0 Å². The van der Waals surface area contributed by atoms with Crippen LogP contribution in [0.4, 0.5) is 5.82 Å². The molecule has 0 spiro atoms. The maximum absolute atomic E-state index is 4.49. The smallest absolute Gasteiger partial charge is 0.177 e. The molecular weight excluding hydrogens is 240 g/mol. The molecule has 0 radical (unpaired) electrons. The van der Waals surface area contributed by atoms with Crippen LogP contribution in [0.2, 0.25) is 0 Å². The molecule has 0 aliphatic carbocycles.